The Balaban J connectivity index is 2.60. The van der Waals surface area contributed by atoms with Crippen LogP contribution >= 0.6 is 0 Å². The maximum absolute atomic E-state index is 10.2. The van der Waals surface area contributed by atoms with Gasteiger partial charge < -0.3 is 14.6 Å². The number of carbonyl (C=O) groups is 1. The summed E-state index contributed by atoms with van der Waals surface area (Å²) >= 11 is 0. The molecule has 1 atom stereocenters. The Morgan fingerprint density at radius 2 is 2.00 bits per heavy atom. The number of hydrogen-bond donors (Lipinski definition) is 0. The molecule has 0 saturated heterocycles. The lowest BCUT2D eigenvalue weighted by Crippen LogP contribution is -2.28. The Labute approximate surface area is 89.7 Å². The van der Waals surface area contributed by atoms with Crippen LogP contribution in [0.25, 0.3) is 0 Å². The molecule has 0 unspecified atom stereocenters. The van der Waals surface area contributed by atoms with Crippen molar-refractivity contribution in [2.45, 2.75) is 26.2 Å². The summed E-state index contributed by atoms with van der Waals surface area (Å²) in [6.07, 6.45) is 1.08. The van der Waals surface area contributed by atoms with E-state index in [-0.39, 0.29) is 0 Å². The Morgan fingerprint density at radius 3 is 2.47 bits per heavy atom. The van der Waals surface area contributed by atoms with E-state index < -0.39 is 12.6 Å². The summed E-state index contributed by atoms with van der Waals surface area (Å²) in [6, 6.07) is 7.48. The summed E-state index contributed by atoms with van der Waals surface area (Å²) in [6.45, 7) is 3.88. The monoisotopic (exact) mass is 207 g/mol. The molecule has 0 heterocycles. The number of rotatable bonds is 5. The van der Waals surface area contributed by atoms with Crippen LogP contribution in [0.2, 0.25) is 0 Å². The van der Waals surface area contributed by atoms with Crippen LogP contribution in [0.15, 0.2) is 24.3 Å². The second kappa shape index (κ2) is 5.39. The zero-order valence-electron chi connectivity index (χ0n) is 9.03. The molecule has 0 radical (unpaired) electrons. The molecule has 3 nitrogen and oxygen atoms in total. The molecular formula is C12H15O3-. The van der Waals surface area contributed by atoms with E-state index in [1.54, 1.807) is 12.1 Å². The van der Waals surface area contributed by atoms with E-state index in [4.69, 9.17) is 4.74 Å². The molecule has 0 fully saturated rings. The predicted molar refractivity (Wildman–Crippen MR) is 55.7 cm³/mol. The maximum Gasteiger partial charge on any atom is 0.128 e. The van der Waals surface area contributed by atoms with Crippen molar-refractivity contribution in [1.29, 1.82) is 0 Å². The van der Waals surface area contributed by atoms with Gasteiger partial charge in [-0.05, 0) is 30.0 Å². The molecule has 82 valence electrons. The number of benzene rings is 1. The molecule has 15 heavy (non-hydrogen) atoms. The number of aliphatic carboxylic acids is 1. The van der Waals surface area contributed by atoms with Crippen LogP contribution in [0.1, 0.15) is 31.7 Å². The van der Waals surface area contributed by atoms with E-state index in [1.807, 2.05) is 12.1 Å². The molecule has 0 aliphatic rings. The van der Waals surface area contributed by atoms with E-state index in [0.717, 1.165) is 6.42 Å². The van der Waals surface area contributed by atoms with Gasteiger partial charge in [-0.3, -0.25) is 0 Å². The van der Waals surface area contributed by atoms with Crippen molar-refractivity contribution in [2.75, 3.05) is 6.61 Å². The topological polar surface area (TPSA) is 49.4 Å². The maximum atomic E-state index is 10.2. The van der Waals surface area contributed by atoms with Gasteiger partial charge in [-0.15, -0.1) is 0 Å². The fraction of sp³-hybridized carbons (Fsp3) is 0.417. The first-order valence-corrected chi connectivity index (χ1v) is 5.06. The third-order valence-electron chi connectivity index (χ3n) is 2.42. The number of carboxylic acid groups (broad SMARTS) is 1. The molecule has 0 aliphatic heterocycles. The highest BCUT2D eigenvalue weighted by Gasteiger charge is 2.02. The molecule has 3 heteroatoms. The van der Waals surface area contributed by atoms with Gasteiger partial charge in [0.1, 0.15) is 12.4 Å². The number of hydrogen-bond acceptors (Lipinski definition) is 3. The summed E-state index contributed by atoms with van der Waals surface area (Å²) < 4.78 is 4.97. The molecule has 1 rings (SSSR count). The minimum atomic E-state index is -1.21. The molecule has 0 aliphatic carbocycles. The van der Waals surface area contributed by atoms with Gasteiger partial charge in [-0.1, -0.05) is 26.0 Å². The molecule has 0 saturated carbocycles. The van der Waals surface area contributed by atoms with Gasteiger partial charge in [0, 0.05) is 0 Å². The normalized spacial score (nSPS) is 12.1. The summed E-state index contributed by atoms with van der Waals surface area (Å²) in [5.74, 6) is -0.132. The largest absolute Gasteiger partial charge is 0.546 e. The first kappa shape index (κ1) is 11.6. The molecule has 0 aromatic heterocycles. The lowest BCUT2D eigenvalue weighted by Gasteiger charge is -2.10. The Morgan fingerprint density at radius 1 is 1.40 bits per heavy atom. The molecular weight excluding hydrogens is 192 g/mol. The standard InChI is InChI=1S/C12H16O3/c1-3-9(2)10-4-6-11(7-5-10)15-8-12(13)14/h4-7,9H,3,8H2,1-2H3,(H,13,14)/p-1/t9-/m1/s1. The lowest BCUT2D eigenvalue weighted by molar-refractivity contribution is -0.307. The minimum Gasteiger partial charge on any atom is -0.546 e. The van der Waals surface area contributed by atoms with Crippen molar-refractivity contribution in [1.82, 2.24) is 0 Å². The van der Waals surface area contributed by atoms with Gasteiger partial charge >= 0.3 is 0 Å². The Hall–Kier alpha value is -1.51. The smallest absolute Gasteiger partial charge is 0.128 e. The molecule has 1 aromatic carbocycles. The van der Waals surface area contributed by atoms with Crippen molar-refractivity contribution in [3.63, 3.8) is 0 Å². The highest BCUT2D eigenvalue weighted by Crippen LogP contribution is 2.21. The summed E-state index contributed by atoms with van der Waals surface area (Å²) in [7, 11) is 0. The van der Waals surface area contributed by atoms with Crippen LogP contribution in [0, 0.1) is 0 Å². The second-order valence-corrected chi connectivity index (χ2v) is 3.54. The van der Waals surface area contributed by atoms with Crippen molar-refractivity contribution < 1.29 is 14.6 Å². The van der Waals surface area contributed by atoms with Crippen molar-refractivity contribution in [3.05, 3.63) is 29.8 Å². The number of carboxylic acids is 1. The number of ether oxygens (including phenoxy) is 1. The highest BCUT2D eigenvalue weighted by atomic mass is 16.5. The fourth-order valence-corrected chi connectivity index (χ4v) is 1.27. The Bertz CT molecular complexity index is 316. The number of carbonyl (C=O) groups excluding carboxylic acids is 1. The average Bonchev–Trinajstić information content (AvgIpc) is 2.26. The van der Waals surface area contributed by atoms with Gasteiger partial charge in [-0.2, -0.15) is 0 Å². The van der Waals surface area contributed by atoms with Gasteiger partial charge in [0.05, 0.1) is 5.97 Å². The Kier molecular flexibility index (Phi) is 4.16. The van der Waals surface area contributed by atoms with E-state index >= 15 is 0 Å². The minimum absolute atomic E-state index is 0.400. The van der Waals surface area contributed by atoms with Crippen LogP contribution in [-0.4, -0.2) is 12.6 Å². The third-order valence-corrected chi connectivity index (χ3v) is 2.42. The zero-order chi connectivity index (χ0) is 11.3. The molecule has 0 amide bonds. The summed E-state index contributed by atoms with van der Waals surface area (Å²) in [5.41, 5.74) is 1.23. The van der Waals surface area contributed by atoms with Gasteiger partial charge in [0.25, 0.3) is 0 Å². The lowest BCUT2D eigenvalue weighted by atomic mass is 9.99. The van der Waals surface area contributed by atoms with E-state index in [2.05, 4.69) is 13.8 Å². The van der Waals surface area contributed by atoms with Gasteiger partial charge in [0.2, 0.25) is 0 Å². The van der Waals surface area contributed by atoms with Crippen molar-refractivity contribution in [2.24, 2.45) is 0 Å². The molecule has 0 N–H and O–H groups in total. The SMILES string of the molecule is CC[C@@H](C)c1ccc(OCC(=O)[O-])cc1. The summed E-state index contributed by atoms with van der Waals surface area (Å²) in [4.78, 5) is 10.2. The first-order chi connectivity index (χ1) is 7.13. The average molecular weight is 207 g/mol. The fourth-order valence-electron chi connectivity index (χ4n) is 1.27. The second-order valence-electron chi connectivity index (χ2n) is 3.54. The van der Waals surface area contributed by atoms with Crippen LogP contribution in [0.3, 0.4) is 0 Å². The highest BCUT2D eigenvalue weighted by molar-refractivity contribution is 5.66. The van der Waals surface area contributed by atoms with Crippen molar-refractivity contribution in [3.8, 4) is 5.75 Å². The zero-order valence-corrected chi connectivity index (χ0v) is 9.03. The van der Waals surface area contributed by atoms with Gasteiger partial charge in [0.15, 0.2) is 0 Å². The van der Waals surface area contributed by atoms with Gasteiger partial charge in [-0.25, -0.2) is 0 Å². The van der Waals surface area contributed by atoms with Crippen LogP contribution < -0.4 is 9.84 Å². The van der Waals surface area contributed by atoms with E-state index in [0.29, 0.717) is 11.7 Å². The van der Waals surface area contributed by atoms with Crippen molar-refractivity contribution >= 4 is 5.97 Å². The van der Waals surface area contributed by atoms with Crippen LogP contribution in [0.5, 0.6) is 5.75 Å². The summed E-state index contributed by atoms with van der Waals surface area (Å²) in [5, 5.41) is 10.2. The molecule has 0 spiro atoms. The molecule has 0 bridgehead atoms. The third kappa shape index (κ3) is 3.62. The molecule has 1 aromatic rings. The quantitative estimate of drug-likeness (QED) is 0.731. The van der Waals surface area contributed by atoms with Crippen LogP contribution in [0.4, 0.5) is 0 Å². The predicted octanol–water partition coefficient (Wildman–Crippen LogP) is 1.33. The first-order valence-electron chi connectivity index (χ1n) is 5.06. The van der Waals surface area contributed by atoms with E-state index in [9.17, 15) is 9.90 Å². The van der Waals surface area contributed by atoms with Crippen LogP contribution in [-0.2, 0) is 4.79 Å². The van der Waals surface area contributed by atoms with E-state index in [1.165, 1.54) is 5.56 Å².